The van der Waals surface area contributed by atoms with Gasteiger partial charge in [-0.25, -0.2) is 0 Å². The highest BCUT2D eigenvalue weighted by atomic mass is 16.5. The minimum atomic E-state index is -0.100. The smallest absolute Gasteiger partial charge is 0.137 e. The Morgan fingerprint density at radius 1 is 1.39 bits per heavy atom. The second-order valence-corrected chi connectivity index (χ2v) is 4.40. The van der Waals surface area contributed by atoms with Crippen LogP contribution in [0, 0.1) is 0 Å². The fourth-order valence-electron chi connectivity index (χ4n) is 2.21. The summed E-state index contributed by atoms with van der Waals surface area (Å²) in [6, 6.07) is 10.1. The average molecular weight is 251 g/mol. The van der Waals surface area contributed by atoms with E-state index in [-0.39, 0.29) is 18.9 Å². The van der Waals surface area contributed by atoms with Crippen LogP contribution in [0.3, 0.4) is 0 Å². The van der Waals surface area contributed by atoms with Crippen molar-refractivity contribution in [3.63, 3.8) is 0 Å². The van der Waals surface area contributed by atoms with E-state index in [9.17, 15) is 5.11 Å². The van der Waals surface area contributed by atoms with Gasteiger partial charge in [0.15, 0.2) is 0 Å². The number of ether oxygens (including phenoxy) is 2. The van der Waals surface area contributed by atoms with Gasteiger partial charge in [0.2, 0.25) is 0 Å². The van der Waals surface area contributed by atoms with Gasteiger partial charge in [-0.2, -0.15) is 0 Å². The number of hydrogen-bond acceptors (Lipinski definition) is 4. The van der Waals surface area contributed by atoms with E-state index in [1.165, 1.54) is 0 Å². The quantitative estimate of drug-likeness (QED) is 0.776. The van der Waals surface area contributed by atoms with E-state index in [1.807, 2.05) is 25.1 Å². The SMILES string of the molecule is CCOCCN1CC(CO)OC1c1ccccc1. The summed E-state index contributed by atoms with van der Waals surface area (Å²) in [4.78, 5) is 2.21. The standard InChI is InChI=1S/C14H21NO3/c1-2-17-9-8-15-10-13(11-16)18-14(15)12-6-4-3-5-7-12/h3-7,13-14,16H,2,8-11H2,1H3. The van der Waals surface area contributed by atoms with Crippen molar-refractivity contribution in [3.05, 3.63) is 35.9 Å². The number of aliphatic hydroxyl groups excluding tert-OH is 1. The summed E-state index contributed by atoms with van der Waals surface area (Å²) in [5.41, 5.74) is 1.13. The molecule has 4 heteroatoms. The highest BCUT2D eigenvalue weighted by Crippen LogP contribution is 2.29. The van der Waals surface area contributed by atoms with Crippen LogP contribution in [0.15, 0.2) is 30.3 Å². The average Bonchev–Trinajstić information content (AvgIpc) is 2.83. The first-order chi connectivity index (χ1) is 8.85. The van der Waals surface area contributed by atoms with Gasteiger partial charge in [-0.05, 0) is 12.5 Å². The number of benzene rings is 1. The third-order valence-corrected chi connectivity index (χ3v) is 3.11. The van der Waals surface area contributed by atoms with Crippen LogP contribution in [0.5, 0.6) is 0 Å². The maximum Gasteiger partial charge on any atom is 0.137 e. The number of rotatable bonds is 6. The molecule has 18 heavy (non-hydrogen) atoms. The van der Waals surface area contributed by atoms with Crippen LogP contribution in [-0.4, -0.2) is 49.0 Å². The summed E-state index contributed by atoms with van der Waals surface area (Å²) in [5.74, 6) is 0. The minimum absolute atomic E-state index is 0.0640. The van der Waals surface area contributed by atoms with Gasteiger partial charge in [0.1, 0.15) is 6.23 Å². The van der Waals surface area contributed by atoms with Crippen molar-refractivity contribution < 1.29 is 14.6 Å². The van der Waals surface area contributed by atoms with Crippen LogP contribution in [0.25, 0.3) is 0 Å². The van der Waals surface area contributed by atoms with Gasteiger partial charge in [-0.3, -0.25) is 4.90 Å². The maximum absolute atomic E-state index is 9.24. The van der Waals surface area contributed by atoms with E-state index in [1.54, 1.807) is 0 Å². The summed E-state index contributed by atoms with van der Waals surface area (Å²) in [6.45, 7) is 5.06. The minimum Gasteiger partial charge on any atom is -0.394 e. The Bertz CT molecular complexity index is 344. The normalized spacial score (nSPS) is 24.6. The van der Waals surface area contributed by atoms with E-state index >= 15 is 0 Å². The molecule has 2 atom stereocenters. The van der Waals surface area contributed by atoms with Crippen LogP contribution in [0.1, 0.15) is 18.7 Å². The molecule has 2 rings (SSSR count). The molecule has 0 bridgehead atoms. The Labute approximate surface area is 108 Å². The molecule has 4 nitrogen and oxygen atoms in total. The lowest BCUT2D eigenvalue weighted by Crippen LogP contribution is -2.29. The number of aliphatic hydroxyl groups is 1. The lowest BCUT2D eigenvalue weighted by atomic mass is 10.2. The van der Waals surface area contributed by atoms with E-state index in [4.69, 9.17) is 9.47 Å². The molecule has 0 saturated carbocycles. The first kappa shape index (κ1) is 13.5. The lowest BCUT2D eigenvalue weighted by Gasteiger charge is -2.22. The van der Waals surface area contributed by atoms with Gasteiger partial charge in [-0.15, -0.1) is 0 Å². The molecule has 1 fully saturated rings. The summed E-state index contributed by atoms with van der Waals surface area (Å²) in [6.07, 6.45) is -0.166. The predicted molar refractivity (Wildman–Crippen MR) is 69.2 cm³/mol. The van der Waals surface area contributed by atoms with E-state index in [0.717, 1.165) is 25.3 Å². The molecule has 0 radical (unpaired) electrons. The number of hydrogen-bond donors (Lipinski definition) is 1. The first-order valence-electron chi connectivity index (χ1n) is 6.48. The van der Waals surface area contributed by atoms with Crippen molar-refractivity contribution in [2.75, 3.05) is 32.9 Å². The molecule has 0 aliphatic carbocycles. The molecule has 1 aliphatic rings. The Hall–Kier alpha value is -0.940. The summed E-state index contributed by atoms with van der Waals surface area (Å²) < 4.78 is 11.2. The Balaban J connectivity index is 2.01. The zero-order valence-electron chi connectivity index (χ0n) is 10.8. The zero-order valence-corrected chi connectivity index (χ0v) is 10.8. The zero-order chi connectivity index (χ0) is 12.8. The van der Waals surface area contributed by atoms with Crippen molar-refractivity contribution in [1.29, 1.82) is 0 Å². The molecule has 1 aliphatic heterocycles. The molecule has 0 aromatic heterocycles. The maximum atomic E-state index is 9.24. The second kappa shape index (κ2) is 6.85. The van der Waals surface area contributed by atoms with Gasteiger partial charge in [0.25, 0.3) is 0 Å². The third-order valence-electron chi connectivity index (χ3n) is 3.11. The van der Waals surface area contributed by atoms with Crippen molar-refractivity contribution in [3.8, 4) is 0 Å². The molecule has 1 heterocycles. The fraction of sp³-hybridized carbons (Fsp3) is 0.571. The van der Waals surface area contributed by atoms with Crippen molar-refractivity contribution in [2.45, 2.75) is 19.3 Å². The predicted octanol–water partition coefficient (Wildman–Crippen LogP) is 1.41. The Morgan fingerprint density at radius 3 is 2.83 bits per heavy atom. The van der Waals surface area contributed by atoms with Crippen LogP contribution >= 0.6 is 0 Å². The Kier molecular flexibility index (Phi) is 5.13. The highest BCUT2D eigenvalue weighted by molar-refractivity contribution is 5.18. The largest absolute Gasteiger partial charge is 0.394 e. The van der Waals surface area contributed by atoms with Crippen LogP contribution in [0.2, 0.25) is 0 Å². The van der Waals surface area contributed by atoms with Gasteiger partial charge in [0.05, 0.1) is 19.3 Å². The molecule has 1 N–H and O–H groups in total. The van der Waals surface area contributed by atoms with E-state index in [0.29, 0.717) is 6.61 Å². The monoisotopic (exact) mass is 251 g/mol. The topological polar surface area (TPSA) is 41.9 Å². The lowest BCUT2D eigenvalue weighted by molar-refractivity contribution is -0.0251. The van der Waals surface area contributed by atoms with E-state index < -0.39 is 0 Å². The molecule has 1 aromatic rings. The van der Waals surface area contributed by atoms with Crippen molar-refractivity contribution >= 4 is 0 Å². The fourth-order valence-corrected chi connectivity index (χ4v) is 2.21. The molecular formula is C14H21NO3. The Morgan fingerprint density at radius 2 is 2.17 bits per heavy atom. The summed E-state index contributed by atoms with van der Waals surface area (Å²) in [5, 5.41) is 9.24. The van der Waals surface area contributed by atoms with Gasteiger partial charge in [-0.1, -0.05) is 30.3 Å². The highest BCUT2D eigenvalue weighted by Gasteiger charge is 2.32. The first-order valence-corrected chi connectivity index (χ1v) is 6.48. The molecule has 1 aromatic carbocycles. The van der Waals surface area contributed by atoms with Crippen LogP contribution in [0.4, 0.5) is 0 Å². The molecule has 0 spiro atoms. The third kappa shape index (κ3) is 3.29. The molecule has 1 saturated heterocycles. The molecular weight excluding hydrogens is 230 g/mol. The van der Waals surface area contributed by atoms with E-state index in [2.05, 4.69) is 17.0 Å². The second-order valence-electron chi connectivity index (χ2n) is 4.40. The number of nitrogens with zero attached hydrogens (tertiary/aromatic N) is 1. The summed E-state index contributed by atoms with van der Waals surface area (Å²) >= 11 is 0. The van der Waals surface area contributed by atoms with Gasteiger partial charge < -0.3 is 14.6 Å². The van der Waals surface area contributed by atoms with Gasteiger partial charge >= 0.3 is 0 Å². The van der Waals surface area contributed by atoms with Crippen molar-refractivity contribution in [2.24, 2.45) is 0 Å². The molecule has 100 valence electrons. The van der Waals surface area contributed by atoms with Crippen molar-refractivity contribution in [1.82, 2.24) is 4.90 Å². The molecule has 0 amide bonds. The molecule has 2 unspecified atom stereocenters. The van der Waals surface area contributed by atoms with Crippen LogP contribution < -0.4 is 0 Å². The van der Waals surface area contributed by atoms with Gasteiger partial charge in [0, 0.05) is 19.7 Å². The summed E-state index contributed by atoms with van der Waals surface area (Å²) in [7, 11) is 0. The van der Waals surface area contributed by atoms with Crippen LogP contribution in [-0.2, 0) is 9.47 Å².